The normalized spacial score (nSPS) is 36.4. The van der Waals surface area contributed by atoms with E-state index in [9.17, 15) is 24.3 Å². The summed E-state index contributed by atoms with van der Waals surface area (Å²) in [7, 11) is 1.57. The van der Waals surface area contributed by atoms with Crippen LogP contribution in [0, 0.1) is 22.2 Å². The Bertz CT molecular complexity index is 1430. The Morgan fingerprint density at radius 1 is 1.07 bits per heavy atom. The van der Waals surface area contributed by atoms with Gasteiger partial charge in [0, 0.05) is 31.6 Å². The number of nitrogens with one attached hydrogen (secondary N) is 1. The van der Waals surface area contributed by atoms with Crippen molar-refractivity contribution in [2.75, 3.05) is 20.2 Å². The van der Waals surface area contributed by atoms with Crippen molar-refractivity contribution in [3.63, 3.8) is 0 Å². The molecule has 4 N–H and O–H groups in total. The minimum absolute atomic E-state index is 0.0357. The third-order valence-electron chi connectivity index (χ3n) is 11.4. The predicted octanol–water partition coefficient (Wildman–Crippen LogP) is 1.90. The molecule has 12 nitrogen and oxygen atoms in total. The number of hydrogen-bond donors (Lipinski definition) is 3. The van der Waals surface area contributed by atoms with Crippen LogP contribution in [0.3, 0.4) is 0 Å². The van der Waals surface area contributed by atoms with Gasteiger partial charge in [-0.1, -0.05) is 12.8 Å². The van der Waals surface area contributed by atoms with Gasteiger partial charge in [0.2, 0.25) is 5.88 Å². The Labute approximate surface area is 237 Å². The van der Waals surface area contributed by atoms with Crippen LogP contribution in [0.5, 0.6) is 5.88 Å². The summed E-state index contributed by atoms with van der Waals surface area (Å²) in [5.41, 5.74) is 3.17. The summed E-state index contributed by atoms with van der Waals surface area (Å²) < 4.78 is 8.23. The van der Waals surface area contributed by atoms with Crippen LogP contribution in [-0.2, 0) is 16.1 Å². The number of hydrogen-bond acceptors (Lipinski definition) is 7. The van der Waals surface area contributed by atoms with Gasteiger partial charge >= 0.3 is 11.7 Å². The summed E-state index contributed by atoms with van der Waals surface area (Å²) in [4.78, 5) is 56.7. The SMILES string of the molecule is CN1C(=O)N(CC23COC(C2)C3)C2(CC3(CCC(n4c(=O)c(C(=N)N)c(O)n(CC5CCCC5)c4=O)CC3)C2)C1=O. The number of fused-ring (bicyclic) bond motifs is 1. The van der Waals surface area contributed by atoms with Crippen LogP contribution in [0.15, 0.2) is 9.59 Å². The number of imide groups is 1. The maximum absolute atomic E-state index is 13.6. The number of urea groups is 1. The van der Waals surface area contributed by atoms with Gasteiger partial charge in [-0.15, -0.1) is 0 Å². The van der Waals surface area contributed by atoms with Crippen molar-refractivity contribution in [3.8, 4) is 5.88 Å². The van der Waals surface area contributed by atoms with E-state index < -0.39 is 28.5 Å². The number of nitrogen functional groups attached to an aromatic ring is 1. The van der Waals surface area contributed by atoms with E-state index >= 15 is 0 Å². The first-order chi connectivity index (χ1) is 19.5. The lowest BCUT2D eigenvalue weighted by Gasteiger charge is -2.59. The number of nitrogens with zero attached hydrogens (tertiary/aromatic N) is 4. The molecule has 2 spiro atoms. The Morgan fingerprint density at radius 2 is 1.73 bits per heavy atom. The molecule has 1 aromatic rings. The van der Waals surface area contributed by atoms with Crippen LogP contribution >= 0.6 is 0 Å². The van der Waals surface area contributed by atoms with Crippen molar-refractivity contribution in [2.45, 2.75) is 101 Å². The average molecular weight is 569 g/mol. The molecule has 1 aromatic heterocycles. The maximum atomic E-state index is 13.6. The van der Waals surface area contributed by atoms with Gasteiger partial charge < -0.3 is 20.5 Å². The van der Waals surface area contributed by atoms with E-state index in [2.05, 4.69) is 0 Å². The lowest BCUT2D eigenvalue weighted by molar-refractivity contribution is -0.151. The van der Waals surface area contributed by atoms with Gasteiger partial charge in [0.05, 0.1) is 12.7 Å². The molecule has 0 aromatic carbocycles. The minimum Gasteiger partial charge on any atom is -0.494 e. The van der Waals surface area contributed by atoms with Gasteiger partial charge in [0.25, 0.3) is 11.5 Å². The molecule has 8 rings (SSSR count). The van der Waals surface area contributed by atoms with Crippen LogP contribution in [0.1, 0.15) is 88.7 Å². The molecule has 0 unspecified atom stereocenters. The first-order valence-electron chi connectivity index (χ1n) is 15.1. The number of likely N-dealkylation sites (N-methyl/N-ethyl adjacent to an activating group) is 1. The molecule has 0 radical (unpaired) electrons. The molecule has 222 valence electrons. The molecule has 3 saturated heterocycles. The van der Waals surface area contributed by atoms with Crippen LogP contribution in [0.25, 0.3) is 0 Å². The first-order valence-corrected chi connectivity index (χ1v) is 15.1. The number of carbonyl (C=O) groups is 2. The van der Waals surface area contributed by atoms with Crippen LogP contribution < -0.4 is 17.0 Å². The molecule has 3 aliphatic heterocycles. The van der Waals surface area contributed by atoms with Crippen molar-refractivity contribution in [2.24, 2.45) is 22.5 Å². The first kappa shape index (κ1) is 26.7. The average Bonchev–Trinajstić information content (AvgIpc) is 3.68. The highest BCUT2D eigenvalue weighted by Crippen LogP contribution is 2.63. The fourth-order valence-corrected chi connectivity index (χ4v) is 9.23. The van der Waals surface area contributed by atoms with E-state index in [4.69, 9.17) is 15.9 Å². The summed E-state index contributed by atoms with van der Waals surface area (Å²) in [6.07, 6.45) is 9.99. The Balaban J connectivity index is 1.12. The second-order valence-corrected chi connectivity index (χ2v) is 14.0. The third-order valence-corrected chi connectivity index (χ3v) is 11.4. The van der Waals surface area contributed by atoms with Gasteiger partial charge in [0.15, 0.2) is 0 Å². The van der Waals surface area contributed by atoms with Gasteiger partial charge in [-0.2, -0.15) is 0 Å². The molecule has 3 amide bonds. The molecule has 12 heteroatoms. The standard InChI is InChI=1S/C29H40N6O6/c1-32-24(38)29(34(25(32)39)15-28-10-19(11-28)41-16-28)13-27(14-29)8-6-18(7-9-27)35-23(37)20(21(30)31)22(36)33(26(35)40)12-17-4-2-3-5-17/h17-19,36H,2-16H2,1H3,(H3,30,31). The van der Waals surface area contributed by atoms with Gasteiger partial charge in [-0.05, 0) is 75.5 Å². The van der Waals surface area contributed by atoms with Crippen LogP contribution in [-0.4, -0.2) is 73.7 Å². The lowest BCUT2D eigenvalue weighted by atomic mass is 9.51. The molecule has 7 aliphatic rings. The number of amidine groups is 1. The number of rotatable bonds is 6. The number of carbonyl (C=O) groups excluding carboxylic acids is 2. The van der Waals surface area contributed by atoms with Crippen molar-refractivity contribution in [3.05, 3.63) is 26.4 Å². The fraction of sp³-hybridized carbons (Fsp3) is 0.759. The predicted molar refractivity (Wildman–Crippen MR) is 148 cm³/mol. The Hall–Kier alpha value is -3.15. The topological polar surface area (TPSA) is 164 Å². The summed E-state index contributed by atoms with van der Waals surface area (Å²) in [6.45, 7) is 1.50. The second kappa shape index (κ2) is 8.92. The molecule has 41 heavy (non-hydrogen) atoms. The van der Waals surface area contributed by atoms with Gasteiger partial charge in [0.1, 0.15) is 16.9 Å². The quantitative estimate of drug-likeness (QED) is 0.268. The fourth-order valence-electron chi connectivity index (χ4n) is 9.23. The van der Waals surface area contributed by atoms with Crippen LogP contribution in [0.2, 0.25) is 0 Å². The zero-order chi connectivity index (χ0) is 28.9. The lowest BCUT2D eigenvalue weighted by Crippen LogP contribution is -2.66. The van der Waals surface area contributed by atoms with E-state index in [1.54, 1.807) is 7.05 Å². The highest BCUT2D eigenvalue weighted by molar-refractivity contribution is 6.07. The zero-order valence-electron chi connectivity index (χ0n) is 23.7. The van der Waals surface area contributed by atoms with Gasteiger partial charge in [-0.25, -0.2) is 9.59 Å². The van der Waals surface area contributed by atoms with Crippen molar-refractivity contribution in [1.29, 1.82) is 5.41 Å². The van der Waals surface area contributed by atoms with Crippen molar-refractivity contribution < 1.29 is 19.4 Å². The van der Waals surface area contributed by atoms with Crippen molar-refractivity contribution >= 4 is 17.8 Å². The molecule has 2 bridgehead atoms. The molecule has 7 fully saturated rings. The minimum atomic E-state index is -0.813. The molecular weight excluding hydrogens is 528 g/mol. The zero-order valence-corrected chi connectivity index (χ0v) is 23.7. The maximum Gasteiger partial charge on any atom is 0.334 e. The smallest absolute Gasteiger partial charge is 0.334 e. The largest absolute Gasteiger partial charge is 0.494 e. The summed E-state index contributed by atoms with van der Waals surface area (Å²) in [5.74, 6) is -0.952. The summed E-state index contributed by atoms with van der Waals surface area (Å²) in [5, 5.41) is 18.8. The van der Waals surface area contributed by atoms with E-state index in [0.29, 0.717) is 45.4 Å². The molecule has 4 aliphatic carbocycles. The van der Waals surface area contributed by atoms with Crippen molar-refractivity contribution in [1.82, 2.24) is 18.9 Å². The Morgan fingerprint density at radius 3 is 2.32 bits per heavy atom. The number of nitrogens with two attached hydrogens (primary N) is 1. The van der Waals surface area contributed by atoms with Gasteiger partial charge in [-0.3, -0.25) is 29.0 Å². The molecule has 4 saturated carbocycles. The molecular formula is C29H40N6O6. The Kier molecular flexibility index (Phi) is 5.82. The number of amides is 3. The number of ether oxygens (including phenoxy) is 1. The molecule has 0 atom stereocenters. The van der Waals surface area contributed by atoms with E-state index in [-0.39, 0.29) is 46.4 Å². The number of aromatic hydroxyl groups is 1. The molecule has 4 heterocycles. The summed E-state index contributed by atoms with van der Waals surface area (Å²) >= 11 is 0. The third kappa shape index (κ3) is 3.78. The highest BCUT2D eigenvalue weighted by Gasteiger charge is 2.69. The summed E-state index contributed by atoms with van der Waals surface area (Å²) in [6, 6.07) is -0.606. The second-order valence-electron chi connectivity index (χ2n) is 14.0. The van der Waals surface area contributed by atoms with E-state index in [1.807, 2.05) is 4.90 Å². The van der Waals surface area contributed by atoms with E-state index in [1.165, 1.54) is 14.0 Å². The highest BCUT2D eigenvalue weighted by atomic mass is 16.5. The number of aromatic nitrogens is 2. The van der Waals surface area contributed by atoms with E-state index in [0.717, 1.165) is 51.4 Å². The van der Waals surface area contributed by atoms with Crippen LogP contribution in [0.4, 0.5) is 4.79 Å². The monoisotopic (exact) mass is 568 g/mol.